The highest BCUT2D eigenvalue weighted by molar-refractivity contribution is 6.31. The minimum atomic E-state index is -0.466. The van der Waals surface area contributed by atoms with Crippen molar-refractivity contribution in [1.82, 2.24) is 4.98 Å². The maximum absolute atomic E-state index is 13.2. The van der Waals surface area contributed by atoms with E-state index >= 15 is 0 Å². The molecule has 1 heterocycles. The number of benzene rings is 3. The van der Waals surface area contributed by atoms with Gasteiger partial charge in [-0.3, -0.25) is 14.9 Å². The number of hydrogen-bond donors (Lipinski definition) is 0. The molecule has 0 atom stereocenters. The van der Waals surface area contributed by atoms with E-state index in [4.69, 9.17) is 4.42 Å². The van der Waals surface area contributed by atoms with Gasteiger partial charge in [-0.15, -0.1) is 0 Å². The minimum Gasteiger partial charge on any atom is -0.436 e. The molecule has 0 aliphatic rings. The average molecular weight is 384 g/mol. The van der Waals surface area contributed by atoms with Crippen molar-refractivity contribution in [2.24, 2.45) is 0 Å². The van der Waals surface area contributed by atoms with Gasteiger partial charge in [0, 0.05) is 17.7 Å². The highest BCUT2D eigenvalue weighted by atomic mass is 16.6. The predicted molar refractivity (Wildman–Crippen MR) is 110 cm³/mol. The summed E-state index contributed by atoms with van der Waals surface area (Å²) in [5, 5.41) is 10.9. The standard InChI is InChI=1S/C23H16N2O4/c1-15-6-10-17(11-7-15)22(26)19(14-16-8-12-18(13-9-16)25(27)28)23-24-20-4-2-3-5-21(20)29-23/h2-14H,1H3/b19-14-. The number of aryl methyl sites for hydroxylation is 1. The van der Waals surface area contributed by atoms with Crippen LogP contribution in [0.5, 0.6) is 0 Å². The van der Waals surface area contributed by atoms with Crippen LogP contribution >= 0.6 is 0 Å². The van der Waals surface area contributed by atoms with Gasteiger partial charge < -0.3 is 4.42 Å². The Balaban J connectivity index is 1.82. The van der Waals surface area contributed by atoms with E-state index in [-0.39, 0.29) is 22.9 Å². The summed E-state index contributed by atoms with van der Waals surface area (Å²) in [4.78, 5) is 28.1. The number of hydrogen-bond acceptors (Lipinski definition) is 5. The lowest BCUT2D eigenvalue weighted by Gasteiger charge is -2.05. The Kier molecular flexibility index (Phi) is 4.75. The SMILES string of the molecule is Cc1ccc(C(=O)/C(=C/c2ccc([N+](=O)[O-])cc2)c2nc3ccccc3o2)cc1. The molecule has 6 nitrogen and oxygen atoms in total. The van der Waals surface area contributed by atoms with E-state index in [1.807, 2.05) is 37.3 Å². The van der Waals surface area contributed by atoms with Crippen LogP contribution in [0.25, 0.3) is 22.7 Å². The summed E-state index contributed by atoms with van der Waals surface area (Å²) < 4.78 is 5.82. The molecule has 0 N–H and O–H groups in total. The third kappa shape index (κ3) is 3.82. The van der Waals surface area contributed by atoms with Crippen LogP contribution in [0.2, 0.25) is 0 Å². The largest absolute Gasteiger partial charge is 0.436 e. The number of carbonyl (C=O) groups is 1. The average Bonchev–Trinajstić information content (AvgIpc) is 3.16. The van der Waals surface area contributed by atoms with Gasteiger partial charge in [0.25, 0.3) is 5.69 Å². The van der Waals surface area contributed by atoms with E-state index in [0.717, 1.165) is 5.56 Å². The topological polar surface area (TPSA) is 86.2 Å². The molecular formula is C23H16N2O4. The van der Waals surface area contributed by atoms with Gasteiger partial charge in [-0.25, -0.2) is 4.98 Å². The maximum Gasteiger partial charge on any atom is 0.269 e. The number of rotatable bonds is 5. The lowest BCUT2D eigenvalue weighted by molar-refractivity contribution is -0.384. The van der Waals surface area contributed by atoms with E-state index in [1.54, 1.807) is 36.4 Å². The normalized spacial score (nSPS) is 11.6. The lowest BCUT2D eigenvalue weighted by Crippen LogP contribution is -2.03. The molecule has 3 aromatic carbocycles. The third-order valence-electron chi connectivity index (χ3n) is 4.50. The van der Waals surface area contributed by atoms with E-state index in [2.05, 4.69) is 4.98 Å². The maximum atomic E-state index is 13.2. The molecule has 4 rings (SSSR count). The first-order chi connectivity index (χ1) is 14.0. The number of para-hydroxylation sites is 2. The molecule has 0 aliphatic carbocycles. The summed E-state index contributed by atoms with van der Waals surface area (Å²) >= 11 is 0. The van der Waals surface area contributed by atoms with Crippen LogP contribution in [0.15, 0.2) is 77.2 Å². The molecule has 0 unspecified atom stereocenters. The third-order valence-corrected chi connectivity index (χ3v) is 4.50. The second-order valence-corrected chi connectivity index (χ2v) is 6.59. The van der Waals surface area contributed by atoms with Crippen molar-refractivity contribution in [1.29, 1.82) is 0 Å². The summed E-state index contributed by atoms with van der Waals surface area (Å²) in [7, 11) is 0. The highest BCUT2D eigenvalue weighted by Gasteiger charge is 2.20. The highest BCUT2D eigenvalue weighted by Crippen LogP contribution is 2.27. The Morgan fingerprint density at radius 3 is 2.34 bits per heavy atom. The summed E-state index contributed by atoms with van der Waals surface area (Å²) in [5.74, 6) is -0.0370. The fourth-order valence-corrected chi connectivity index (χ4v) is 2.93. The predicted octanol–water partition coefficient (Wildman–Crippen LogP) is 5.47. The first-order valence-corrected chi connectivity index (χ1v) is 8.95. The molecule has 4 aromatic rings. The lowest BCUT2D eigenvalue weighted by atomic mass is 10.00. The van der Waals surface area contributed by atoms with Crippen molar-refractivity contribution in [3.8, 4) is 0 Å². The molecule has 0 aliphatic heterocycles. The van der Waals surface area contributed by atoms with Crippen molar-refractivity contribution in [2.75, 3.05) is 0 Å². The molecule has 6 heteroatoms. The first kappa shape index (κ1) is 18.3. The number of nitrogens with zero attached hydrogens (tertiary/aromatic N) is 2. The van der Waals surface area contributed by atoms with Gasteiger partial charge in [-0.1, -0.05) is 42.0 Å². The van der Waals surface area contributed by atoms with Gasteiger partial charge in [-0.05, 0) is 42.8 Å². The summed E-state index contributed by atoms with van der Waals surface area (Å²) in [6, 6.07) is 20.5. The number of oxazole rings is 1. The quantitative estimate of drug-likeness (QED) is 0.197. The number of aromatic nitrogens is 1. The van der Waals surface area contributed by atoms with Crippen LogP contribution in [0.1, 0.15) is 27.4 Å². The number of Topliss-reactive ketones (excluding diaryl/α,β-unsaturated/α-hetero) is 1. The number of non-ortho nitro benzene ring substituents is 1. The van der Waals surface area contributed by atoms with Gasteiger partial charge >= 0.3 is 0 Å². The van der Waals surface area contributed by atoms with E-state index in [0.29, 0.717) is 22.2 Å². The van der Waals surface area contributed by atoms with Crippen molar-refractivity contribution in [3.63, 3.8) is 0 Å². The van der Waals surface area contributed by atoms with Crippen LogP contribution in [0.3, 0.4) is 0 Å². The molecule has 0 bridgehead atoms. The van der Waals surface area contributed by atoms with E-state index in [9.17, 15) is 14.9 Å². The Labute approximate surface area is 166 Å². The van der Waals surface area contributed by atoms with Crippen LogP contribution in [-0.2, 0) is 0 Å². The van der Waals surface area contributed by atoms with Gasteiger partial charge in [0.1, 0.15) is 5.52 Å². The Morgan fingerprint density at radius 1 is 1.00 bits per heavy atom. The number of nitro benzene ring substituents is 1. The zero-order chi connectivity index (χ0) is 20.4. The molecule has 0 saturated carbocycles. The molecule has 0 amide bonds. The molecule has 0 saturated heterocycles. The van der Waals surface area contributed by atoms with Crippen LogP contribution in [0, 0.1) is 17.0 Å². The zero-order valence-electron chi connectivity index (χ0n) is 15.5. The van der Waals surface area contributed by atoms with E-state index in [1.165, 1.54) is 12.1 Å². The van der Waals surface area contributed by atoms with Gasteiger partial charge in [0.05, 0.1) is 10.5 Å². The van der Waals surface area contributed by atoms with Crippen LogP contribution < -0.4 is 0 Å². The number of fused-ring (bicyclic) bond motifs is 1. The monoisotopic (exact) mass is 384 g/mol. The van der Waals surface area contributed by atoms with Crippen LogP contribution in [-0.4, -0.2) is 15.7 Å². The van der Waals surface area contributed by atoms with Crippen LogP contribution in [0.4, 0.5) is 5.69 Å². The molecule has 1 aromatic heterocycles. The summed E-state index contributed by atoms with van der Waals surface area (Å²) in [6.07, 6.45) is 1.64. The zero-order valence-corrected chi connectivity index (χ0v) is 15.5. The number of nitro groups is 1. The Morgan fingerprint density at radius 2 is 1.69 bits per heavy atom. The Hall–Kier alpha value is -4.06. The van der Waals surface area contributed by atoms with Crippen molar-refractivity contribution in [3.05, 3.63) is 105 Å². The molecule has 142 valence electrons. The Bertz CT molecular complexity index is 1200. The first-order valence-electron chi connectivity index (χ1n) is 8.95. The molecule has 0 fully saturated rings. The number of carbonyl (C=O) groups excluding carboxylic acids is 1. The molecule has 0 spiro atoms. The van der Waals surface area contributed by atoms with E-state index < -0.39 is 4.92 Å². The van der Waals surface area contributed by atoms with Gasteiger partial charge in [0.15, 0.2) is 11.4 Å². The van der Waals surface area contributed by atoms with Crippen molar-refractivity contribution in [2.45, 2.75) is 6.92 Å². The molecular weight excluding hydrogens is 368 g/mol. The second kappa shape index (κ2) is 7.52. The summed E-state index contributed by atoms with van der Waals surface area (Å²) in [5.41, 5.74) is 3.67. The number of ketones is 1. The minimum absolute atomic E-state index is 0.0181. The van der Waals surface area contributed by atoms with Gasteiger partial charge in [0.2, 0.25) is 5.89 Å². The fraction of sp³-hybridized carbons (Fsp3) is 0.0435. The fourth-order valence-electron chi connectivity index (χ4n) is 2.93. The molecule has 29 heavy (non-hydrogen) atoms. The summed E-state index contributed by atoms with van der Waals surface area (Å²) in [6.45, 7) is 1.95. The smallest absolute Gasteiger partial charge is 0.269 e. The van der Waals surface area contributed by atoms with Crippen molar-refractivity contribution >= 4 is 34.2 Å². The molecule has 0 radical (unpaired) electrons. The number of allylic oxidation sites excluding steroid dienone is 1. The van der Waals surface area contributed by atoms with Crippen molar-refractivity contribution < 1.29 is 14.1 Å². The second-order valence-electron chi connectivity index (χ2n) is 6.59. The van der Waals surface area contributed by atoms with Gasteiger partial charge in [-0.2, -0.15) is 0 Å².